The lowest BCUT2D eigenvalue weighted by Gasteiger charge is -2.36. The summed E-state index contributed by atoms with van der Waals surface area (Å²) in [5, 5.41) is 12.3. The van der Waals surface area contributed by atoms with Crippen molar-refractivity contribution in [1.29, 1.82) is 0 Å². The molecule has 1 atom stereocenters. The molecule has 1 aromatic carbocycles. The summed E-state index contributed by atoms with van der Waals surface area (Å²) < 4.78 is 0. The summed E-state index contributed by atoms with van der Waals surface area (Å²) in [4.78, 5) is 25.3. The van der Waals surface area contributed by atoms with Gasteiger partial charge in [0.1, 0.15) is 0 Å². The number of fused-ring (bicyclic) bond motifs is 1. The van der Waals surface area contributed by atoms with Gasteiger partial charge in [-0.3, -0.25) is 0 Å². The summed E-state index contributed by atoms with van der Waals surface area (Å²) in [5.74, 6) is -0.999. The van der Waals surface area contributed by atoms with Crippen molar-refractivity contribution in [2.75, 3.05) is 6.54 Å². The monoisotopic (exact) mass is 276 g/mol. The summed E-state index contributed by atoms with van der Waals surface area (Å²) in [6.07, 6.45) is 0.678. The molecule has 2 amide bonds. The quantitative estimate of drug-likeness (QED) is 0.826. The van der Waals surface area contributed by atoms with Gasteiger partial charge in [0.05, 0.1) is 0 Å². The zero-order valence-electron chi connectivity index (χ0n) is 12.0. The molecule has 1 aromatic rings. The van der Waals surface area contributed by atoms with Crippen LogP contribution in [0, 0.1) is 0 Å². The van der Waals surface area contributed by atoms with Crippen LogP contribution in [0.4, 0.5) is 4.79 Å². The van der Waals surface area contributed by atoms with Crippen molar-refractivity contribution in [1.82, 2.24) is 10.2 Å². The Labute approximate surface area is 118 Å². The fraction of sp³-hybridized carbons (Fsp3) is 0.467. The summed E-state index contributed by atoms with van der Waals surface area (Å²) in [6, 6.07) is 6.15. The molecule has 1 unspecified atom stereocenters. The van der Waals surface area contributed by atoms with E-state index < -0.39 is 17.6 Å². The first-order valence-corrected chi connectivity index (χ1v) is 6.69. The molecule has 0 aromatic heterocycles. The van der Waals surface area contributed by atoms with Crippen LogP contribution in [0.1, 0.15) is 37.9 Å². The maximum absolute atomic E-state index is 12.3. The molecule has 0 saturated carbocycles. The Kier molecular flexibility index (Phi) is 3.70. The Balaban J connectivity index is 2.32. The van der Waals surface area contributed by atoms with Crippen LogP contribution < -0.4 is 5.32 Å². The van der Waals surface area contributed by atoms with E-state index in [4.69, 9.17) is 0 Å². The molecule has 2 rings (SSSR count). The van der Waals surface area contributed by atoms with E-state index in [0.717, 1.165) is 5.56 Å². The normalized spacial score (nSPS) is 18.4. The van der Waals surface area contributed by atoms with Crippen LogP contribution in [0.5, 0.6) is 0 Å². The maximum atomic E-state index is 12.3. The predicted molar refractivity (Wildman–Crippen MR) is 75.5 cm³/mol. The van der Waals surface area contributed by atoms with Crippen molar-refractivity contribution in [3.63, 3.8) is 0 Å². The zero-order valence-corrected chi connectivity index (χ0v) is 12.0. The highest BCUT2D eigenvalue weighted by Gasteiger charge is 2.36. The second-order valence-corrected chi connectivity index (χ2v) is 6.06. The van der Waals surface area contributed by atoms with Gasteiger partial charge >= 0.3 is 12.0 Å². The largest absolute Gasteiger partial charge is 0.479 e. The first kappa shape index (κ1) is 14.4. The van der Waals surface area contributed by atoms with Crippen molar-refractivity contribution in [2.24, 2.45) is 0 Å². The molecule has 0 aliphatic carbocycles. The average molecular weight is 276 g/mol. The zero-order chi connectivity index (χ0) is 14.9. The number of amides is 2. The molecule has 5 heteroatoms. The Morgan fingerprint density at radius 3 is 2.55 bits per heavy atom. The van der Waals surface area contributed by atoms with E-state index in [-0.39, 0.29) is 6.03 Å². The van der Waals surface area contributed by atoms with Crippen LogP contribution in [0.25, 0.3) is 0 Å². The van der Waals surface area contributed by atoms with Gasteiger partial charge in [-0.25, -0.2) is 9.59 Å². The van der Waals surface area contributed by atoms with E-state index in [9.17, 15) is 14.7 Å². The Morgan fingerprint density at radius 1 is 1.30 bits per heavy atom. The van der Waals surface area contributed by atoms with Crippen molar-refractivity contribution in [3.8, 4) is 0 Å². The fourth-order valence-electron chi connectivity index (χ4n) is 2.44. The third kappa shape index (κ3) is 2.92. The number of benzene rings is 1. The number of nitrogens with zero attached hydrogens (tertiary/aromatic N) is 1. The van der Waals surface area contributed by atoms with Gasteiger partial charge < -0.3 is 15.3 Å². The number of urea groups is 1. The van der Waals surface area contributed by atoms with Crippen molar-refractivity contribution >= 4 is 12.0 Å². The highest BCUT2D eigenvalue weighted by Crippen LogP contribution is 2.30. The summed E-state index contributed by atoms with van der Waals surface area (Å²) in [6.45, 7) is 6.03. The average Bonchev–Trinajstić information content (AvgIpc) is 2.35. The van der Waals surface area contributed by atoms with Gasteiger partial charge in [0, 0.05) is 12.1 Å². The highest BCUT2D eigenvalue weighted by molar-refractivity contribution is 5.85. The van der Waals surface area contributed by atoms with Gasteiger partial charge in [-0.15, -0.1) is 0 Å². The molecule has 1 heterocycles. The molecular formula is C15H20N2O3. The topological polar surface area (TPSA) is 69.6 Å². The molecule has 20 heavy (non-hydrogen) atoms. The molecule has 1 aliphatic heterocycles. The van der Waals surface area contributed by atoms with Crippen molar-refractivity contribution in [3.05, 3.63) is 35.4 Å². The number of nitrogens with one attached hydrogen (secondary N) is 1. The number of aliphatic carboxylic acids is 1. The molecule has 5 nitrogen and oxygen atoms in total. The lowest BCUT2D eigenvalue weighted by Crippen LogP contribution is -2.52. The number of carbonyl (C=O) groups excluding carboxylic acids is 1. The maximum Gasteiger partial charge on any atom is 0.331 e. The van der Waals surface area contributed by atoms with Crippen LogP contribution >= 0.6 is 0 Å². The second-order valence-electron chi connectivity index (χ2n) is 6.06. The van der Waals surface area contributed by atoms with E-state index in [1.807, 2.05) is 32.9 Å². The first-order chi connectivity index (χ1) is 9.29. The number of carboxylic acids is 1. The highest BCUT2D eigenvalue weighted by atomic mass is 16.4. The minimum atomic E-state index is -0.999. The predicted octanol–water partition coefficient (Wildman–Crippen LogP) is 2.18. The molecule has 0 saturated heterocycles. The van der Waals surface area contributed by atoms with E-state index in [2.05, 4.69) is 5.32 Å². The lowest BCUT2D eigenvalue weighted by atomic mass is 9.93. The fourth-order valence-corrected chi connectivity index (χ4v) is 2.44. The van der Waals surface area contributed by atoms with Gasteiger partial charge in [-0.1, -0.05) is 24.3 Å². The summed E-state index contributed by atoms with van der Waals surface area (Å²) >= 11 is 0. The van der Waals surface area contributed by atoms with Crippen molar-refractivity contribution < 1.29 is 14.7 Å². The van der Waals surface area contributed by atoms with E-state index in [0.29, 0.717) is 18.5 Å². The summed E-state index contributed by atoms with van der Waals surface area (Å²) in [5.41, 5.74) is 1.31. The van der Waals surface area contributed by atoms with E-state index in [1.165, 1.54) is 4.90 Å². The second kappa shape index (κ2) is 5.15. The number of carboxylic acid groups (broad SMARTS) is 1. The van der Waals surface area contributed by atoms with Gasteiger partial charge in [0.25, 0.3) is 0 Å². The van der Waals surface area contributed by atoms with Crippen LogP contribution in [-0.2, 0) is 11.2 Å². The molecule has 1 aliphatic rings. The minimum Gasteiger partial charge on any atom is -0.479 e. The molecule has 2 N–H and O–H groups in total. The number of rotatable bonds is 1. The van der Waals surface area contributed by atoms with Gasteiger partial charge in [-0.2, -0.15) is 0 Å². The lowest BCUT2D eigenvalue weighted by molar-refractivity contribution is -0.142. The van der Waals surface area contributed by atoms with Gasteiger partial charge in [-0.05, 0) is 38.3 Å². The Bertz CT molecular complexity index is 534. The van der Waals surface area contributed by atoms with Crippen LogP contribution in [0.15, 0.2) is 24.3 Å². The van der Waals surface area contributed by atoms with Gasteiger partial charge in [0.2, 0.25) is 0 Å². The molecular weight excluding hydrogens is 256 g/mol. The van der Waals surface area contributed by atoms with Gasteiger partial charge in [0.15, 0.2) is 6.04 Å². The summed E-state index contributed by atoms with van der Waals surface area (Å²) in [7, 11) is 0. The molecule has 0 radical (unpaired) electrons. The minimum absolute atomic E-state index is 0.334. The first-order valence-electron chi connectivity index (χ1n) is 6.69. The van der Waals surface area contributed by atoms with Crippen LogP contribution in [0.3, 0.4) is 0 Å². The van der Waals surface area contributed by atoms with E-state index >= 15 is 0 Å². The molecule has 0 spiro atoms. The van der Waals surface area contributed by atoms with Crippen LogP contribution in [-0.4, -0.2) is 34.1 Å². The smallest absolute Gasteiger partial charge is 0.331 e. The SMILES string of the molecule is CC(C)(C)NC(=O)N1CCc2ccccc2C1C(=O)O. The standard InChI is InChI=1S/C15H20N2O3/c1-15(2,3)16-14(20)17-9-8-10-6-4-5-7-11(10)12(17)13(18)19/h4-7,12H,8-9H2,1-3H3,(H,16,20)(H,18,19). The van der Waals surface area contributed by atoms with Crippen LogP contribution in [0.2, 0.25) is 0 Å². The number of hydrogen-bond donors (Lipinski definition) is 2. The third-order valence-corrected chi connectivity index (χ3v) is 3.26. The van der Waals surface area contributed by atoms with Crippen molar-refractivity contribution in [2.45, 2.75) is 38.8 Å². The third-order valence-electron chi connectivity index (χ3n) is 3.26. The number of hydrogen-bond acceptors (Lipinski definition) is 2. The van der Waals surface area contributed by atoms with E-state index in [1.54, 1.807) is 12.1 Å². The Hall–Kier alpha value is -2.04. The molecule has 0 bridgehead atoms. The number of carbonyl (C=O) groups is 2. The Morgan fingerprint density at radius 2 is 1.95 bits per heavy atom. The molecule has 108 valence electrons. The molecule has 0 fully saturated rings.